The van der Waals surface area contributed by atoms with E-state index >= 15 is 0 Å². The second-order valence-electron chi connectivity index (χ2n) is 7.01. The molecule has 0 aromatic heterocycles. The van der Waals surface area contributed by atoms with E-state index in [1.165, 1.54) is 12.8 Å². The molecule has 116 valence electrons. The quantitative estimate of drug-likeness (QED) is 0.891. The van der Waals surface area contributed by atoms with Gasteiger partial charge in [0.15, 0.2) is 0 Å². The van der Waals surface area contributed by atoms with Crippen LogP contribution in [0.15, 0.2) is 18.2 Å². The van der Waals surface area contributed by atoms with Crippen molar-refractivity contribution in [1.29, 1.82) is 0 Å². The van der Waals surface area contributed by atoms with Crippen molar-refractivity contribution in [2.24, 2.45) is 11.8 Å². The summed E-state index contributed by atoms with van der Waals surface area (Å²) >= 11 is 0. The zero-order valence-electron chi connectivity index (χ0n) is 13.3. The third kappa shape index (κ3) is 2.76. The van der Waals surface area contributed by atoms with Crippen LogP contribution in [0.4, 0.5) is 0 Å². The molecule has 3 unspecified atom stereocenters. The molecule has 1 aromatic rings. The molecule has 1 saturated carbocycles. The Morgan fingerprint density at radius 3 is 2.86 bits per heavy atom. The number of hydrogen-bond acceptors (Lipinski definition) is 3. The molecular formula is C18H26O3. The van der Waals surface area contributed by atoms with Crippen LogP contribution >= 0.6 is 0 Å². The molecule has 3 rings (SSSR count). The van der Waals surface area contributed by atoms with Gasteiger partial charge in [0, 0.05) is 12.0 Å². The molecule has 0 bridgehead atoms. The van der Waals surface area contributed by atoms with Gasteiger partial charge in [0.2, 0.25) is 0 Å². The molecule has 1 fully saturated rings. The maximum Gasteiger partial charge on any atom is 0.126 e. The molecule has 1 aromatic carbocycles. The van der Waals surface area contributed by atoms with E-state index in [4.69, 9.17) is 9.47 Å². The van der Waals surface area contributed by atoms with E-state index < -0.39 is 6.10 Å². The monoisotopic (exact) mass is 290 g/mol. The molecule has 1 N–H and O–H groups in total. The molecule has 2 aliphatic rings. The standard InChI is InChI=1S/C18H26O3/c1-12(2)13-5-4-8-18(10-13)11-16(19)15-9-14(20-3)6-7-17(15)21-18/h6-7,9,12-13,16,19H,4-5,8,10-11H2,1-3H3. The molecule has 3 heteroatoms. The topological polar surface area (TPSA) is 38.7 Å². The lowest BCUT2D eigenvalue weighted by molar-refractivity contribution is -0.0573. The molecule has 1 spiro atoms. The minimum absolute atomic E-state index is 0.172. The summed E-state index contributed by atoms with van der Waals surface area (Å²) in [6, 6.07) is 5.75. The summed E-state index contributed by atoms with van der Waals surface area (Å²) in [5.74, 6) is 2.99. The number of benzene rings is 1. The molecule has 1 heterocycles. The highest BCUT2D eigenvalue weighted by atomic mass is 16.5. The Balaban J connectivity index is 1.87. The second kappa shape index (κ2) is 5.53. The van der Waals surface area contributed by atoms with Gasteiger partial charge in [-0.2, -0.15) is 0 Å². The Kier molecular flexibility index (Phi) is 3.87. The highest BCUT2D eigenvalue weighted by Gasteiger charge is 2.44. The lowest BCUT2D eigenvalue weighted by Gasteiger charge is -2.46. The summed E-state index contributed by atoms with van der Waals surface area (Å²) in [4.78, 5) is 0. The molecule has 3 nitrogen and oxygen atoms in total. The summed E-state index contributed by atoms with van der Waals surface area (Å²) in [7, 11) is 1.65. The first-order chi connectivity index (χ1) is 10.0. The second-order valence-corrected chi connectivity index (χ2v) is 7.01. The summed E-state index contributed by atoms with van der Waals surface area (Å²) in [6.45, 7) is 4.59. The van der Waals surface area contributed by atoms with E-state index in [2.05, 4.69) is 13.8 Å². The van der Waals surface area contributed by atoms with Crippen molar-refractivity contribution >= 4 is 0 Å². The van der Waals surface area contributed by atoms with E-state index in [0.717, 1.165) is 29.9 Å². The number of ether oxygens (including phenoxy) is 2. The van der Waals surface area contributed by atoms with Crippen molar-refractivity contribution in [1.82, 2.24) is 0 Å². The minimum atomic E-state index is -0.449. The Labute approximate surface area is 127 Å². The molecule has 1 aliphatic carbocycles. The van der Waals surface area contributed by atoms with Crippen LogP contribution in [0.25, 0.3) is 0 Å². The van der Waals surface area contributed by atoms with Crippen LogP contribution in [0.5, 0.6) is 11.5 Å². The fourth-order valence-corrected chi connectivity index (χ4v) is 3.96. The molecule has 1 aliphatic heterocycles. The summed E-state index contributed by atoms with van der Waals surface area (Å²) < 4.78 is 11.6. The number of methoxy groups -OCH3 is 1. The fraction of sp³-hybridized carbons (Fsp3) is 0.667. The lowest BCUT2D eigenvalue weighted by Crippen LogP contribution is -2.45. The van der Waals surface area contributed by atoms with E-state index in [1.807, 2.05) is 18.2 Å². The molecule has 21 heavy (non-hydrogen) atoms. The third-order valence-corrected chi connectivity index (χ3v) is 5.25. The summed E-state index contributed by atoms with van der Waals surface area (Å²) in [6.07, 6.45) is 4.85. The zero-order chi connectivity index (χ0) is 15.0. The van der Waals surface area contributed by atoms with Gasteiger partial charge in [0.05, 0.1) is 13.2 Å². The normalized spacial score (nSPS) is 31.9. The van der Waals surface area contributed by atoms with Crippen molar-refractivity contribution in [3.05, 3.63) is 23.8 Å². The van der Waals surface area contributed by atoms with Gasteiger partial charge in [-0.3, -0.25) is 0 Å². The van der Waals surface area contributed by atoms with Crippen molar-refractivity contribution < 1.29 is 14.6 Å². The Morgan fingerprint density at radius 2 is 2.14 bits per heavy atom. The van der Waals surface area contributed by atoms with Gasteiger partial charge in [-0.25, -0.2) is 0 Å². The molecular weight excluding hydrogens is 264 g/mol. The fourth-order valence-electron chi connectivity index (χ4n) is 3.96. The van der Waals surface area contributed by atoms with E-state index in [0.29, 0.717) is 18.3 Å². The van der Waals surface area contributed by atoms with E-state index in [1.54, 1.807) is 7.11 Å². The molecule has 0 amide bonds. The Bertz CT molecular complexity index is 511. The first kappa shape index (κ1) is 14.7. The van der Waals surface area contributed by atoms with Crippen LogP contribution in [-0.4, -0.2) is 17.8 Å². The summed E-state index contributed by atoms with van der Waals surface area (Å²) in [5.41, 5.74) is 0.695. The zero-order valence-corrected chi connectivity index (χ0v) is 13.3. The Hall–Kier alpha value is -1.22. The van der Waals surface area contributed by atoms with Crippen LogP contribution in [0.1, 0.15) is 57.6 Å². The van der Waals surface area contributed by atoms with Crippen LogP contribution in [0.3, 0.4) is 0 Å². The summed E-state index contributed by atoms with van der Waals surface area (Å²) in [5, 5.41) is 10.6. The van der Waals surface area contributed by atoms with Gasteiger partial charge in [-0.15, -0.1) is 0 Å². The largest absolute Gasteiger partial charge is 0.497 e. The van der Waals surface area contributed by atoms with E-state index in [9.17, 15) is 5.11 Å². The van der Waals surface area contributed by atoms with Crippen LogP contribution < -0.4 is 9.47 Å². The average molecular weight is 290 g/mol. The first-order valence-electron chi connectivity index (χ1n) is 8.08. The minimum Gasteiger partial charge on any atom is -0.497 e. The predicted octanol–water partition coefficient (Wildman–Crippen LogP) is 4.10. The number of aliphatic hydroxyl groups is 1. The van der Waals surface area contributed by atoms with Gasteiger partial charge < -0.3 is 14.6 Å². The SMILES string of the molecule is COc1ccc2c(c1)C(O)CC1(CCCC(C(C)C)C1)O2. The maximum absolute atomic E-state index is 10.6. The van der Waals surface area contributed by atoms with Gasteiger partial charge in [0.25, 0.3) is 0 Å². The molecule has 0 radical (unpaired) electrons. The average Bonchev–Trinajstić information content (AvgIpc) is 2.47. The van der Waals surface area contributed by atoms with Crippen LogP contribution in [-0.2, 0) is 0 Å². The number of fused-ring (bicyclic) bond motifs is 1. The van der Waals surface area contributed by atoms with Crippen molar-refractivity contribution in [3.63, 3.8) is 0 Å². The first-order valence-corrected chi connectivity index (χ1v) is 8.08. The van der Waals surface area contributed by atoms with Gasteiger partial charge in [-0.1, -0.05) is 13.8 Å². The molecule has 0 saturated heterocycles. The highest BCUT2D eigenvalue weighted by molar-refractivity contribution is 5.43. The third-order valence-electron chi connectivity index (χ3n) is 5.25. The Morgan fingerprint density at radius 1 is 1.33 bits per heavy atom. The van der Waals surface area contributed by atoms with Gasteiger partial charge in [0.1, 0.15) is 17.1 Å². The lowest BCUT2D eigenvalue weighted by atomic mass is 9.70. The smallest absolute Gasteiger partial charge is 0.126 e. The van der Waals surface area contributed by atoms with Gasteiger partial charge >= 0.3 is 0 Å². The van der Waals surface area contributed by atoms with Crippen molar-refractivity contribution in [3.8, 4) is 11.5 Å². The molecule has 3 atom stereocenters. The number of rotatable bonds is 2. The van der Waals surface area contributed by atoms with Crippen molar-refractivity contribution in [2.75, 3.05) is 7.11 Å². The maximum atomic E-state index is 10.6. The number of hydrogen-bond donors (Lipinski definition) is 1. The van der Waals surface area contributed by atoms with Crippen LogP contribution in [0, 0.1) is 11.8 Å². The predicted molar refractivity (Wildman–Crippen MR) is 82.7 cm³/mol. The van der Waals surface area contributed by atoms with Gasteiger partial charge in [-0.05, 0) is 55.7 Å². The van der Waals surface area contributed by atoms with Crippen molar-refractivity contribution in [2.45, 2.75) is 57.7 Å². The number of aliphatic hydroxyl groups excluding tert-OH is 1. The highest BCUT2D eigenvalue weighted by Crippen LogP contribution is 2.49. The van der Waals surface area contributed by atoms with E-state index in [-0.39, 0.29) is 5.60 Å². The van der Waals surface area contributed by atoms with Crippen LogP contribution in [0.2, 0.25) is 0 Å².